The van der Waals surface area contributed by atoms with Crippen molar-refractivity contribution < 1.29 is 35.9 Å². The van der Waals surface area contributed by atoms with Gasteiger partial charge in [-0.1, -0.05) is 0 Å². The molecule has 0 bridgehead atoms. The topological polar surface area (TPSA) is 65.2 Å². The summed E-state index contributed by atoms with van der Waals surface area (Å²) in [6.07, 6.45) is -10.4. The Kier molecular flexibility index (Phi) is 4.49. The highest BCUT2D eigenvalue weighted by Gasteiger charge is 2.39. The Labute approximate surface area is 112 Å². The highest BCUT2D eigenvalue weighted by Crippen LogP contribution is 2.34. The van der Waals surface area contributed by atoms with E-state index in [9.17, 15) is 31.1 Å². The molecule has 0 saturated heterocycles. The number of hydrogen-bond donors (Lipinski definition) is 1. The first kappa shape index (κ1) is 16.5. The van der Waals surface area contributed by atoms with E-state index in [1.807, 2.05) is 0 Å². The fourth-order valence-corrected chi connectivity index (χ4v) is 1.47. The Balaban J connectivity index is 3.54. The minimum atomic E-state index is -5.34. The van der Waals surface area contributed by atoms with Crippen LogP contribution in [0.2, 0.25) is 0 Å². The van der Waals surface area contributed by atoms with Crippen molar-refractivity contribution in [3.8, 4) is 5.88 Å². The zero-order valence-corrected chi connectivity index (χ0v) is 10.0. The molecule has 0 radical (unpaired) electrons. The summed E-state index contributed by atoms with van der Waals surface area (Å²) in [4.78, 5) is 13.7. The molecule has 0 aliphatic carbocycles. The standard InChI is InChI=1S/C9H5ClF6N2O2/c10-6(19)5-3(2-17)1-4(8(11,12)13)18-7(5)20-9(14,15)16/h1H,2,17H2. The minimum Gasteiger partial charge on any atom is -0.387 e. The fraction of sp³-hybridized carbons (Fsp3) is 0.333. The summed E-state index contributed by atoms with van der Waals surface area (Å²) in [6.45, 7) is -0.659. The number of aromatic nitrogens is 1. The van der Waals surface area contributed by atoms with E-state index >= 15 is 0 Å². The molecule has 11 heteroatoms. The molecule has 1 aromatic rings. The molecule has 0 aliphatic heterocycles. The number of pyridine rings is 1. The predicted octanol–water partition coefficient (Wildman–Crippen LogP) is 2.84. The van der Waals surface area contributed by atoms with Gasteiger partial charge in [0.1, 0.15) is 11.3 Å². The van der Waals surface area contributed by atoms with Crippen LogP contribution in [0.3, 0.4) is 0 Å². The molecule has 1 heterocycles. The van der Waals surface area contributed by atoms with Crippen LogP contribution in [0.5, 0.6) is 5.88 Å². The molecular weight excluding hydrogens is 318 g/mol. The largest absolute Gasteiger partial charge is 0.574 e. The van der Waals surface area contributed by atoms with Gasteiger partial charge in [-0.25, -0.2) is 4.98 Å². The number of rotatable bonds is 3. The predicted molar refractivity (Wildman–Crippen MR) is 54.0 cm³/mol. The lowest BCUT2D eigenvalue weighted by atomic mass is 10.1. The molecule has 0 unspecified atom stereocenters. The summed E-state index contributed by atoms with van der Waals surface area (Å²) in [6, 6.07) is 0.332. The Morgan fingerprint density at radius 1 is 1.30 bits per heavy atom. The van der Waals surface area contributed by atoms with Crippen molar-refractivity contribution in [2.45, 2.75) is 19.1 Å². The number of carbonyl (C=O) groups excluding carboxylic acids is 1. The van der Waals surface area contributed by atoms with E-state index in [2.05, 4.69) is 9.72 Å². The Hall–Kier alpha value is -1.55. The van der Waals surface area contributed by atoms with Gasteiger partial charge in [0.05, 0.1) is 0 Å². The number of alkyl halides is 6. The summed E-state index contributed by atoms with van der Waals surface area (Å²) < 4.78 is 77.1. The van der Waals surface area contributed by atoms with Crippen LogP contribution < -0.4 is 10.5 Å². The van der Waals surface area contributed by atoms with Crippen molar-refractivity contribution >= 4 is 16.8 Å². The molecule has 0 amide bonds. The summed E-state index contributed by atoms with van der Waals surface area (Å²) in [5.74, 6) is -1.59. The number of nitrogens with zero attached hydrogens (tertiary/aromatic N) is 1. The van der Waals surface area contributed by atoms with Crippen LogP contribution in [0.25, 0.3) is 0 Å². The van der Waals surface area contributed by atoms with Gasteiger partial charge in [0.2, 0.25) is 5.88 Å². The van der Waals surface area contributed by atoms with E-state index in [0.717, 1.165) is 0 Å². The lowest BCUT2D eigenvalue weighted by Gasteiger charge is -2.15. The van der Waals surface area contributed by atoms with E-state index in [1.54, 1.807) is 0 Å². The number of nitrogens with two attached hydrogens (primary N) is 1. The van der Waals surface area contributed by atoms with Gasteiger partial charge in [-0.3, -0.25) is 4.79 Å². The van der Waals surface area contributed by atoms with Crippen molar-refractivity contribution in [2.24, 2.45) is 5.73 Å². The molecule has 0 saturated carbocycles. The Morgan fingerprint density at radius 2 is 1.85 bits per heavy atom. The second-order valence-corrected chi connectivity index (χ2v) is 3.71. The normalized spacial score (nSPS) is 12.4. The molecule has 4 nitrogen and oxygen atoms in total. The second kappa shape index (κ2) is 5.44. The SMILES string of the molecule is NCc1cc(C(F)(F)F)nc(OC(F)(F)F)c1C(=O)Cl. The minimum absolute atomic E-state index is 0.332. The van der Waals surface area contributed by atoms with Gasteiger partial charge in [0.15, 0.2) is 0 Å². The van der Waals surface area contributed by atoms with Crippen LogP contribution in [0.15, 0.2) is 6.07 Å². The number of hydrogen-bond acceptors (Lipinski definition) is 4. The van der Waals surface area contributed by atoms with Crippen LogP contribution in [-0.4, -0.2) is 16.6 Å². The summed E-state index contributed by atoms with van der Waals surface area (Å²) >= 11 is 5.02. The van der Waals surface area contributed by atoms with Crippen LogP contribution >= 0.6 is 11.6 Å². The molecule has 0 aromatic carbocycles. The fourth-order valence-electron chi connectivity index (χ4n) is 1.27. The second-order valence-electron chi connectivity index (χ2n) is 3.37. The van der Waals surface area contributed by atoms with Crippen molar-refractivity contribution in [2.75, 3.05) is 0 Å². The summed E-state index contributed by atoms with van der Waals surface area (Å²) in [5.41, 5.74) is 1.89. The average Bonchev–Trinajstić information content (AvgIpc) is 2.23. The van der Waals surface area contributed by atoms with Crippen LogP contribution in [0, 0.1) is 0 Å². The highest BCUT2D eigenvalue weighted by molar-refractivity contribution is 6.68. The molecule has 20 heavy (non-hydrogen) atoms. The first-order valence-corrected chi connectivity index (χ1v) is 5.10. The van der Waals surface area contributed by atoms with Crippen molar-refractivity contribution in [3.05, 3.63) is 22.9 Å². The maximum atomic E-state index is 12.5. The smallest absolute Gasteiger partial charge is 0.387 e. The number of ether oxygens (including phenoxy) is 1. The quantitative estimate of drug-likeness (QED) is 0.686. The molecule has 1 rings (SSSR count). The lowest BCUT2D eigenvalue weighted by molar-refractivity contribution is -0.276. The average molecular weight is 323 g/mol. The van der Waals surface area contributed by atoms with Gasteiger partial charge in [-0.2, -0.15) is 13.2 Å². The Bertz CT molecular complexity index is 528. The van der Waals surface area contributed by atoms with Gasteiger partial charge in [-0.05, 0) is 23.2 Å². The van der Waals surface area contributed by atoms with Gasteiger partial charge in [-0.15, -0.1) is 13.2 Å². The zero-order valence-electron chi connectivity index (χ0n) is 9.27. The molecule has 112 valence electrons. The monoisotopic (exact) mass is 322 g/mol. The van der Waals surface area contributed by atoms with Crippen molar-refractivity contribution in [3.63, 3.8) is 0 Å². The molecule has 0 atom stereocenters. The van der Waals surface area contributed by atoms with Crippen LogP contribution in [0.4, 0.5) is 26.3 Å². The lowest BCUT2D eigenvalue weighted by Crippen LogP contribution is -2.22. The highest BCUT2D eigenvalue weighted by atomic mass is 35.5. The van der Waals surface area contributed by atoms with Crippen LogP contribution in [-0.2, 0) is 12.7 Å². The van der Waals surface area contributed by atoms with E-state index < -0.39 is 47.0 Å². The first-order valence-electron chi connectivity index (χ1n) is 4.72. The molecule has 0 spiro atoms. The van der Waals surface area contributed by atoms with Gasteiger partial charge >= 0.3 is 12.5 Å². The molecular formula is C9H5ClF6N2O2. The van der Waals surface area contributed by atoms with Crippen molar-refractivity contribution in [1.29, 1.82) is 0 Å². The zero-order chi connectivity index (χ0) is 15.7. The van der Waals surface area contributed by atoms with Crippen molar-refractivity contribution in [1.82, 2.24) is 4.98 Å². The first-order chi connectivity index (χ1) is 8.95. The number of halogens is 7. The van der Waals surface area contributed by atoms with Gasteiger partial charge < -0.3 is 10.5 Å². The maximum absolute atomic E-state index is 12.5. The third kappa shape index (κ3) is 3.97. The van der Waals surface area contributed by atoms with Gasteiger partial charge in [0.25, 0.3) is 5.24 Å². The number of carbonyl (C=O) groups is 1. The Morgan fingerprint density at radius 3 is 2.20 bits per heavy atom. The van der Waals surface area contributed by atoms with E-state index in [1.165, 1.54) is 0 Å². The third-order valence-corrected chi connectivity index (χ3v) is 2.18. The molecule has 2 N–H and O–H groups in total. The summed E-state index contributed by atoms with van der Waals surface area (Å²) in [7, 11) is 0. The van der Waals surface area contributed by atoms with E-state index in [-0.39, 0.29) is 0 Å². The van der Waals surface area contributed by atoms with Gasteiger partial charge in [0, 0.05) is 6.54 Å². The molecule has 0 aliphatic rings. The van der Waals surface area contributed by atoms with E-state index in [4.69, 9.17) is 17.3 Å². The molecule has 1 aromatic heterocycles. The van der Waals surface area contributed by atoms with E-state index in [0.29, 0.717) is 6.07 Å². The van der Waals surface area contributed by atoms with Crippen LogP contribution in [0.1, 0.15) is 21.6 Å². The maximum Gasteiger partial charge on any atom is 0.574 e. The third-order valence-electron chi connectivity index (χ3n) is 1.99. The molecule has 0 fully saturated rings. The summed E-state index contributed by atoms with van der Waals surface area (Å²) in [5, 5.41) is -1.47.